The second-order valence-electron chi connectivity index (χ2n) is 5.62. The van der Waals surface area contributed by atoms with Gasteiger partial charge in [-0.2, -0.15) is 0 Å². The third-order valence-electron chi connectivity index (χ3n) is 3.91. The van der Waals surface area contributed by atoms with Crippen LogP contribution in [0.5, 0.6) is 0 Å². The highest BCUT2D eigenvalue weighted by atomic mass is 35.5. The number of hydrogen-bond donors (Lipinski definition) is 2. The molecule has 0 fully saturated rings. The van der Waals surface area contributed by atoms with Crippen molar-refractivity contribution in [2.45, 2.75) is 0 Å². The van der Waals surface area contributed by atoms with Crippen molar-refractivity contribution >= 4 is 56.6 Å². The van der Waals surface area contributed by atoms with Gasteiger partial charge in [0.1, 0.15) is 24.3 Å². The summed E-state index contributed by atoms with van der Waals surface area (Å²) in [5.74, 6) is 1.54. The van der Waals surface area contributed by atoms with E-state index in [0.717, 1.165) is 33.4 Å². The molecule has 4 aromatic rings. The molecule has 2 heterocycles. The first-order valence-corrected chi connectivity index (χ1v) is 8.74. The predicted octanol–water partition coefficient (Wildman–Crippen LogP) is 4.40. The first kappa shape index (κ1) is 16.8. The predicted molar refractivity (Wildman–Crippen MR) is 106 cm³/mol. The van der Waals surface area contributed by atoms with E-state index in [9.17, 15) is 0 Å². The monoisotopic (exact) mass is 384 g/mol. The largest absolute Gasteiger partial charge is 0.368 e. The third-order valence-corrected chi connectivity index (χ3v) is 4.38. The Morgan fingerprint density at radius 1 is 0.654 bits per heavy atom. The molecule has 2 N–H and O–H groups in total. The number of aromatic nitrogens is 4. The maximum atomic E-state index is 6.01. The molecule has 0 saturated heterocycles. The lowest BCUT2D eigenvalue weighted by Gasteiger charge is -2.11. The molecule has 0 spiro atoms. The Bertz CT molecular complexity index is 998. The van der Waals surface area contributed by atoms with Crippen LogP contribution >= 0.6 is 23.2 Å². The molecule has 0 radical (unpaired) electrons. The van der Waals surface area contributed by atoms with Crippen LogP contribution in [-0.2, 0) is 0 Å². The van der Waals surface area contributed by atoms with Gasteiger partial charge in [-0.15, -0.1) is 0 Å². The summed E-state index contributed by atoms with van der Waals surface area (Å²) >= 11 is 12.0. The van der Waals surface area contributed by atoms with Crippen molar-refractivity contribution in [1.82, 2.24) is 19.9 Å². The molecule has 2 aromatic carbocycles. The van der Waals surface area contributed by atoms with E-state index >= 15 is 0 Å². The van der Waals surface area contributed by atoms with Gasteiger partial charge in [-0.05, 0) is 36.4 Å². The minimum Gasteiger partial charge on any atom is -0.368 e. The molecule has 0 unspecified atom stereocenters. The second-order valence-corrected chi connectivity index (χ2v) is 6.49. The summed E-state index contributed by atoms with van der Waals surface area (Å²) in [4.78, 5) is 17.1. The molecule has 0 atom stereocenters. The highest BCUT2D eigenvalue weighted by molar-refractivity contribution is 6.31. The fourth-order valence-electron chi connectivity index (χ4n) is 2.70. The zero-order valence-corrected chi connectivity index (χ0v) is 15.1. The lowest BCUT2D eigenvalue weighted by molar-refractivity contribution is 1.04. The summed E-state index contributed by atoms with van der Waals surface area (Å²) in [7, 11) is 0. The molecule has 6 nitrogen and oxygen atoms in total. The van der Waals surface area contributed by atoms with Crippen LogP contribution < -0.4 is 10.6 Å². The lowest BCUT2D eigenvalue weighted by Crippen LogP contribution is -2.15. The van der Waals surface area contributed by atoms with Crippen LogP contribution in [0.15, 0.2) is 49.1 Å². The minimum absolute atomic E-state index is 0.652. The lowest BCUT2D eigenvalue weighted by atomic mass is 10.2. The van der Waals surface area contributed by atoms with Gasteiger partial charge in [-0.1, -0.05) is 23.2 Å². The van der Waals surface area contributed by atoms with Crippen molar-refractivity contribution in [3.63, 3.8) is 0 Å². The van der Waals surface area contributed by atoms with E-state index in [1.807, 2.05) is 36.4 Å². The zero-order valence-electron chi connectivity index (χ0n) is 13.6. The molecule has 0 saturated carbocycles. The van der Waals surface area contributed by atoms with E-state index in [1.165, 1.54) is 12.7 Å². The van der Waals surface area contributed by atoms with E-state index in [-0.39, 0.29) is 0 Å². The van der Waals surface area contributed by atoms with E-state index < -0.39 is 0 Å². The Morgan fingerprint density at radius 3 is 1.58 bits per heavy atom. The first-order valence-electron chi connectivity index (χ1n) is 7.99. The number of anilines is 2. The van der Waals surface area contributed by atoms with Gasteiger partial charge < -0.3 is 10.6 Å². The number of benzene rings is 2. The number of rotatable bonds is 5. The first-order chi connectivity index (χ1) is 12.7. The molecule has 0 aliphatic rings. The third kappa shape index (κ3) is 3.47. The summed E-state index contributed by atoms with van der Waals surface area (Å²) in [6.07, 6.45) is 3.05. The van der Waals surface area contributed by atoms with Crippen molar-refractivity contribution in [1.29, 1.82) is 0 Å². The van der Waals surface area contributed by atoms with E-state index in [4.69, 9.17) is 23.2 Å². The fraction of sp³-hybridized carbons (Fsp3) is 0.111. The summed E-state index contributed by atoms with van der Waals surface area (Å²) in [5.41, 5.74) is 1.61. The van der Waals surface area contributed by atoms with Crippen LogP contribution in [0.3, 0.4) is 0 Å². The van der Waals surface area contributed by atoms with E-state index in [2.05, 4.69) is 30.6 Å². The van der Waals surface area contributed by atoms with Crippen molar-refractivity contribution in [2.24, 2.45) is 0 Å². The van der Waals surface area contributed by atoms with Gasteiger partial charge in [0.2, 0.25) is 0 Å². The van der Waals surface area contributed by atoms with Gasteiger partial charge in [0.05, 0.1) is 11.0 Å². The van der Waals surface area contributed by atoms with Gasteiger partial charge in [-0.3, -0.25) is 0 Å². The zero-order chi connectivity index (χ0) is 17.9. The molecule has 4 rings (SSSR count). The maximum Gasteiger partial charge on any atom is 0.137 e. The van der Waals surface area contributed by atoms with Gasteiger partial charge in [0.25, 0.3) is 0 Å². The maximum absolute atomic E-state index is 6.01. The average molecular weight is 385 g/mol. The van der Waals surface area contributed by atoms with Crippen LogP contribution in [-0.4, -0.2) is 33.0 Å². The summed E-state index contributed by atoms with van der Waals surface area (Å²) < 4.78 is 0. The van der Waals surface area contributed by atoms with Crippen molar-refractivity contribution in [3.05, 3.63) is 59.1 Å². The number of fused-ring (bicyclic) bond motifs is 2. The van der Waals surface area contributed by atoms with Crippen LogP contribution in [0.25, 0.3) is 21.8 Å². The topological polar surface area (TPSA) is 75.6 Å². The molecular formula is C18H14Cl2N6. The molecule has 2 aromatic heterocycles. The van der Waals surface area contributed by atoms with Crippen molar-refractivity contribution in [2.75, 3.05) is 23.7 Å². The Labute approximate surface area is 159 Å². The van der Waals surface area contributed by atoms with Gasteiger partial charge in [-0.25, -0.2) is 19.9 Å². The number of halogens is 2. The summed E-state index contributed by atoms with van der Waals surface area (Å²) in [6.45, 7) is 1.32. The highest BCUT2D eigenvalue weighted by Gasteiger charge is 2.05. The standard InChI is InChI=1S/C18H14Cl2N6/c19-11-1-3-13-15(7-11)23-9-25-17(13)21-5-6-22-18-14-4-2-12(20)8-16(14)24-10-26-18/h1-4,7-10H,5-6H2,(H,21,23,25)(H,22,24,26). The summed E-state index contributed by atoms with van der Waals surface area (Å²) in [6, 6.07) is 11.1. The van der Waals surface area contributed by atoms with E-state index in [1.54, 1.807) is 0 Å². The molecule has 0 aliphatic heterocycles. The molecular weight excluding hydrogens is 371 g/mol. The fourth-order valence-corrected chi connectivity index (χ4v) is 3.04. The normalized spacial score (nSPS) is 11.0. The Balaban J connectivity index is 1.45. The van der Waals surface area contributed by atoms with Gasteiger partial charge in [0, 0.05) is 33.9 Å². The van der Waals surface area contributed by atoms with Crippen LogP contribution in [0.2, 0.25) is 10.0 Å². The molecule has 130 valence electrons. The van der Waals surface area contributed by atoms with Crippen molar-refractivity contribution in [3.8, 4) is 0 Å². The Kier molecular flexibility index (Phi) is 4.69. The molecule has 8 heteroatoms. The second kappa shape index (κ2) is 7.27. The number of nitrogens with one attached hydrogen (secondary N) is 2. The SMILES string of the molecule is Clc1ccc2c(NCCNc3ncnc4cc(Cl)ccc34)ncnc2c1. The molecule has 0 aliphatic carbocycles. The van der Waals surface area contributed by atoms with Gasteiger partial charge >= 0.3 is 0 Å². The van der Waals surface area contributed by atoms with Crippen molar-refractivity contribution < 1.29 is 0 Å². The summed E-state index contributed by atoms with van der Waals surface area (Å²) in [5, 5.41) is 9.79. The van der Waals surface area contributed by atoms with E-state index in [0.29, 0.717) is 23.1 Å². The number of hydrogen-bond acceptors (Lipinski definition) is 6. The smallest absolute Gasteiger partial charge is 0.137 e. The Hall–Kier alpha value is -2.70. The average Bonchev–Trinajstić information content (AvgIpc) is 2.64. The van der Waals surface area contributed by atoms with Crippen LogP contribution in [0.1, 0.15) is 0 Å². The molecule has 0 amide bonds. The Morgan fingerprint density at radius 2 is 1.12 bits per heavy atom. The minimum atomic E-state index is 0.652. The van der Waals surface area contributed by atoms with Gasteiger partial charge in [0.15, 0.2) is 0 Å². The van der Waals surface area contributed by atoms with Crippen LogP contribution in [0, 0.1) is 0 Å². The highest BCUT2D eigenvalue weighted by Crippen LogP contribution is 2.23. The molecule has 0 bridgehead atoms. The quantitative estimate of drug-likeness (QED) is 0.496. The molecule has 26 heavy (non-hydrogen) atoms. The van der Waals surface area contributed by atoms with Crippen LogP contribution in [0.4, 0.5) is 11.6 Å². The number of nitrogens with zero attached hydrogens (tertiary/aromatic N) is 4.